The number of aryl methyl sites for hydroxylation is 1. The van der Waals surface area contributed by atoms with Crippen LogP contribution in [0.15, 0.2) is 48.8 Å². The third-order valence-corrected chi connectivity index (χ3v) is 6.96. The molecule has 1 aromatic carbocycles. The van der Waals surface area contributed by atoms with Crippen LogP contribution in [0, 0.1) is 0 Å². The molecule has 6 nitrogen and oxygen atoms in total. The number of anilines is 1. The molecule has 0 N–H and O–H groups in total. The van der Waals surface area contributed by atoms with Crippen LogP contribution >= 0.6 is 0 Å². The van der Waals surface area contributed by atoms with Crippen LogP contribution in [0.1, 0.15) is 55.7 Å². The lowest BCUT2D eigenvalue weighted by Gasteiger charge is -2.34. The average molecular weight is 431 g/mol. The van der Waals surface area contributed by atoms with Crippen LogP contribution in [0.3, 0.4) is 0 Å². The zero-order valence-electron chi connectivity index (χ0n) is 19.3. The molecule has 0 spiro atoms. The number of benzene rings is 1. The van der Waals surface area contributed by atoms with Gasteiger partial charge in [0, 0.05) is 57.1 Å². The van der Waals surface area contributed by atoms with E-state index in [-0.39, 0.29) is 0 Å². The van der Waals surface area contributed by atoms with Gasteiger partial charge in [0.25, 0.3) is 0 Å². The maximum Gasteiger partial charge on any atom is 0.225 e. The molecule has 168 valence electrons. The lowest BCUT2D eigenvalue weighted by molar-refractivity contribution is 0.197. The minimum Gasteiger partial charge on any atom is -0.341 e. The van der Waals surface area contributed by atoms with Gasteiger partial charge in [-0.1, -0.05) is 37.3 Å². The largest absolute Gasteiger partial charge is 0.341 e. The Morgan fingerprint density at radius 2 is 1.84 bits per heavy atom. The van der Waals surface area contributed by atoms with Gasteiger partial charge in [-0.05, 0) is 49.8 Å². The van der Waals surface area contributed by atoms with Gasteiger partial charge in [-0.15, -0.1) is 0 Å². The standard InChI is InChI=1S/C26H34N6/c1-20(21-9-4-3-5-10-21)17-31-14-8-11-22(18-31)25-23(19-30(2)29-25)24-12-13-27-26(28-24)32-15-6-7-16-32/h3-5,9-10,12-13,19-20,22H,6-8,11,14-18H2,1-2H3/t20-,22+/m1/s1. The summed E-state index contributed by atoms with van der Waals surface area (Å²) in [5.41, 5.74) is 4.78. The van der Waals surface area contributed by atoms with Gasteiger partial charge >= 0.3 is 0 Å². The van der Waals surface area contributed by atoms with Crippen molar-refractivity contribution in [1.82, 2.24) is 24.6 Å². The van der Waals surface area contributed by atoms with Crippen LogP contribution in [-0.4, -0.2) is 57.4 Å². The third kappa shape index (κ3) is 4.56. The van der Waals surface area contributed by atoms with Crippen LogP contribution in [0.4, 0.5) is 5.95 Å². The maximum absolute atomic E-state index is 4.95. The van der Waals surface area contributed by atoms with E-state index < -0.39 is 0 Å². The van der Waals surface area contributed by atoms with E-state index in [4.69, 9.17) is 10.1 Å². The van der Waals surface area contributed by atoms with Gasteiger partial charge in [-0.3, -0.25) is 4.68 Å². The minimum absolute atomic E-state index is 0.438. The summed E-state index contributed by atoms with van der Waals surface area (Å²) in [6, 6.07) is 12.9. The summed E-state index contributed by atoms with van der Waals surface area (Å²) in [6.45, 7) is 7.77. The number of nitrogens with zero attached hydrogens (tertiary/aromatic N) is 6. The molecule has 6 heteroatoms. The van der Waals surface area contributed by atoms with Crippen molar-refractivity contribution in [1.29, 1.82) is 0 Å². The fraction of sp³-hybridized carbons (Fsp3) is 0.500. The lowest BCUT2D eigenvalue weighted by atomic mass is 9.90. The predicted octanol–water partition coefficient (Wildman–Crippen LogP) is 4.46. The van der Waals surface area contributed by atoms with Gasteiger partial charge in [0.15, 0.2) is 0 Å². The van der Waals surface area contributed by atoms with Gasteiger partial charge in [0.1, 0.15) is 0 Å². The second-order valence-corrected chi connectivity index (χ2v) is 9.45. The molecule has 2 aromatic heterocycles. The van der Waals surface area contributed by atoms with E-state index >= 15 is 0 Å². The van der Waals surface area contributed by atoms with Crippen molar-refractivity contribution >= 4 is 5.95 Å². The molecule has 4 heterocycles. The highest BCUT2D eigenvalue weighted by Crippen LogP contribution is 2.34. The molecule has 5 rings (SSSR count). The van der Waals surface area contributed by atoms with Crippen LogP contribution in [-0.2, 0) is 7.05 Å². The Morgan fingerprint density at radius 1 is 1.03 bits per heavy atom. The molecule has 0 radical (unpaired) electrons. The number of hydrogen-bond acceptors (Lipinski definition) is 5. The van der Waals surface area contributed by atoms with E-state index in [2.05, 4.69) is 58.2 Å². The number of rotatable bonds is 6. The summed E-state index contributed by atoms with van der Waals surface area (Å²) in [5.74, 6) is 1.83. The second kappa shape index (κ2) is 9.41. The molecular weight excluding hydrogens is 396 g/mol. The molecule has 2 atom stereocenters. The molecule has 2 saturated heterocycles. The first-order chi connectivity index (χ1) is 15.7. The van der Waals surface area contributed by atoms with E-state index in [1.54, 1.807) is 0 Å². The maximum atomic E-state index is 4.95. The number of likely N-dealkylation sites (tertiary alicyclic amines) is 1. The van der Waals surface area contributed by atoms with E-state index in [0.717, 1.165) is 37.8 Å². The quantitative estimate of drug-likeness (QED) is 0.578. The van der Waals surface area contributed by atoms with Crippen LogP contribution < -0.4 is 4.90 Å². The van der Waals surface area contributed by atoms with Crippen LogP contribution in [0.2, 0.25) is 0 Å². The number of piperidine rings is 1. The first-order valence-corrected chi connectivity index (χ1v) is 12.1. The number of aromatic nitrogens is 4. The molecule has 3 aromatic rings. The summed E-state index contributed by atoms with van der Waals surface area (Å²) >= 11 is 0. The first-order valence-electron chi connectivity index (χ1n) is 12.1. The van der Waals surface area contributed by atoms with Crippen molar-refractivity contribution in [2.24, 2.45) is 7.05 Å². The van der Waals surface area contributed by atoms with Crippen LogP contribution in [0.5, 0.6) is 0 Å². The summed E-state index contributed by atoms with van der Waals surface area (Å²) in [7, 11) is 2.02. The van der Waals surface area contributed by atoms with Gasteiger partial charge in [-0.25, -0.2) is 9.97 Å². The molecule has 0 unspecified atom stereocenters. The van der Waals surface area contributed by atoms with Crippen LogP contribution in [0.25, 0.3) is 11.3 Å². The van der Waals surface area contributed by atoms with Crippen molar-refractivity contribution in [3.63, 3.8) is 0 Å². The topological polar surface area (TPSA) is 50.1 Å². The first kappa shape index (κ1) is 21.1. The van der Waals surface area contributed by atoms with Crippen molar-refractivity contribution < 1.29 is 0 Å². The smallest absolute Gasteiger partial charge is 0.225 e. The molecule has 2 fully saturated rings. The fourth-order valence-corrected chi connectivity index (χ4v) is 5.29. The highest BCUT2D eigenvalue weighted by molar-refractivity contribution is 5.63. The molecule has 0 bridgehead atoms. The van der Waals surface area contributed by atoms with Crippen molar-refractivity contribution in [2.75, 3.05) is 37.6 Å². The minimum atomic E-state index is 0.438. The van der Waals surface area contributed by atoms with Gasteiger partial charge in [-0.2, -0.15) is 5.10 Å². The van der Waals surface area contributed by atoms with Gasteiger partial charge in [0.2, 0.25) is 5.95 Å². The Balaban J connectivity index is 1.35. The number of hydrogen-bond donors (Lipinski definition) is 0. The monoisotopic (exact) mass is 430 g/mol. The fourth-order valence-electron chi connectivity index (χ4n) is 5.29. The normalized spacial score (nSPS) is 20.6. The lowest BCUT2D eigenvalue weighted by Crippen LogP contribution is -2.37. The zero-order valence-corrected chi connectivity index (χ0v) is 19.3. The van der Waals surface area contributed by atoms with E-state index in [9.17, 15) is 0 Å². The molecule has 32 heavy (non-hydrogen) atoms. The average Bonchev–Trinajstić information content (AvgIpc) is 3.50. The van der Waals surface area contributed by atoms with Crippen molar-refractivity contribution in [3.8, 4) is 11.3 Å². The summed E-state index contributed by atoms with van der Waals surface area (Å²) in [4.78, 5) is 14.4. The summed E-state index contributed by atoms with van der Waals surface area (Å²) in [5, 5.41) is 4.93. The Morgan fingerprint density at radius 3 is 2.66 bits per heavy atom. The summed E-state index contributed by atoms with van der Waals surface area (Å²) in [6.07, 6.45) is 8.89. The SMILES string of the molecule is C[C@H](CN1CCC[C@H](c2nn(C)cc2-c2ccnc(N3CCCC3)n2)C1)c1ccccc1. The molecule has 0 amide bonds. The molecule has 2 aliphatic heterocycles. The highest BCUT2D eigenvalue weighted by Gasteiger charge is 2.28. The van der Waals surface area contributed by atoms with E-state index in [1.165, 1.54) is 49.0 Å². The zero-order chi connectivity index (χ0) is 21.9. The highest BCUT2D eigenvalue weighted by atomic mass is 15.3. The Labute approximate surface area is 191 Å². The predicted molar refractivity (Wildman–Crippen MR) is 129 cm³/mol. The van der Waals surface area contributed by atoms with Gasteiger partial charge in [0.05, 0.1) is 11.4 Å². The Kier molecular flexibility index (Phi) is 6.21. The Bertz CT molecular complexity index is 1020. The Hall–Kier alpha value is -2.73. The molecule has 0 saturated carbocycles. The molecular formula is C26H34N6. The van der Waals surface area contributed by atoms with Gasteiger partial charge < -0.3 is 9.80 Å². The van der Waals surface area contributed by atoms with Crippen molar-refractivity contribution in [2.45, 2.75) is 44.4 Å². The second-order valence-electron chi connectivity index (χ2n) is 9.45. The van der Waals surface area contributed by atoms with E-state index in [1.807, 2.05) is 24.0 Å². The molecule has 2 aliphatic rings. The summed E-state index contributed by atoms with van der Waals surface area (Å²) < 4.78 is 1.95. The third-order valence-electron chi connectivity index (χ3n) is 6.96. The van der Waals surface area contributed by atoms with E-state index in [0.29, 0.717) is 11.8 Å². The molecule has 0 aliphatic carbocycles. The van der Waals surface area contributed by atoms with Crippen molar-refractivity contribution in [3.05, 3.63) is 60.0 Å².